The van der Waals surface area contributed by atoms with Gasteiger partial charge in [0.2, 0.25) is 0 Å². The summed E-state index contributed by atoms with van der Waals surface area (Å²) in [6.07, 6.45) is 2.39. The van der Waals surface area contributed by atoms with Crippen molar-refractivity contribution in [2.45, 2.75) is 52.7 Å². The molecule has 2 aromatic rings. The van der Waals surface area contributed by atoms with Crippen molar-refractivity contribution in [1.82, 2.24) is 10.3 Å². The average Bonchev–Trinajstić information content (AvgIpc) is 2.89. The van der Waals surface area contributed by atoms with Crippen LogP contribution in [0, 0.1) is 5.41 Å². The molecule has 0 saturated carbocycles. The molecular weight excluding hydrogens is 288 g/mol. The van der Waals surface area contributed by atoms with Gasteiger partial charge in [-0.2, -0.15) is 0 Å². The van der Waals surface area contributed by atoms with Crippen molar-refractivity contribution in [3.05, 3.63) is 30.5 Å². The highest BCUT2D eigenvalue weighted by molar-refractivity contribution is 5.85. The van der Waals surface area contributed by atoms with Gasteiger partial charge in [-0.1, -0.05) is 26.8 Å². The highest BCUT2D eigenvalue weighted by Gasteiger charge is 2.25. The van der Waals surface area contributed by atoms with Gasteiger partial charge in [0.25, 0.3) is 0 Å². The molecule has 1 aromatic heterocycles. The Balaban J connectivity index is 1.83. The summed E-state index contributed by atoms with van der Waals surface area (Å²) >= 11 is 0. The Kier molecular flexibility index (Phi) is 5.37. The molecule has 4 nitrogen and oxygen atoms in total. The van der Waals surface area contributed by atoms with Crippen molar-refractivity contribution in [2.24, 2.45) is 5.41 Å². The van der Waals surface area contributed by atoms with Gasteiger partial charge in [0.1, 0.15) is 18.5 Å². The van der Waals surface area contributed by atoms with Gasteiger partial charge in [0.05, 0.1) is 0 Å². The number of benzene rings is 1. The molecule has 3 N–H and O–H groups in total. The second-order valence-corrected chi connectivity index (χ2v) is 8.16. The second-order valence-electron chi connectivity index (χ2n) is 8.16. The Labute approximate surface area is 139 Å². The molecular formula is C19H30N2O2. The smallest absolute Gasteiger partial charge is 0.128 e. The molecule has 0 spiro atoms. The summed E-state index contributed by atoms with van der Waals surface area (Å²) in [7, 11) is 0. The fourth-order valence-electron chi connectivity index (χ4n) is 3.21. The highest BCUT2D eigenvalue weighted by Crippen LogP contribution is 2.27. The van der Waals surface area contributed by atoms with Gasteiger partial charge in [-0.15, -0.1) is 0 Å². The first-order valence-corrected chi connectivity index (χ1v) is 8.28. The Hall–Kier alpha value is -1.52. The monoisotopic (exact) mass is 318 g/mol. The lowest BCUT2D eigenvalue weighted by atomic mass is 9.82. The number of aromatic amines is 1. The van der Waals surface area contributed by atoms with E-state index >= 15 is 0 Å². The van der Waals surface area contributed by atoms with E-state index in [0.717, 1.165) is 23.1 Å². The highest BCUT2D eigenvalue weighted by atomic mass is 16.5. The summed E-state index contributed by atoms with van der Waals surface area (Å²) in [5.41, 5.74) is 1.28. The fraction of sp³-hybridized carbons (Fsp3) is 0.579. The lowest BCUT2D eigenvalue weighted by Gasteiger charge is -2.34. The molecule has 128 valence electrons. The number of nitrogens with one attached hydrogen (secondary N) is 2. The summed E-state index contributed by atoms with van der Waals surface area (Å²) in [6, 6.07) is 7.88. The van der Waals surface area contributed by atoms with Crippen molar-refractivity contribution in [2.75, 3.05) is 13.2 Å². The average molecular weight is 318 g/mol. The minimum atomic E-state index is -0.538. The summed E-state index contributed by atoms with van der Waals surface area (Å²) in [4.78, 5) is 3.16. The zero-order valence-electron chi connectivity index (χ0n) is 14.9. The number of H-pyrrole nitrogens is 1. The predicted molar refractivity (Wildman–Crippen MR) is 96.0 cm³/mol. The third-order valence-corrected chi connectivity index (χ3v) is 3.77. The Morgan fingerprint density at radius 2 is 1.91 bits per heavy atom. The fourth-order valence-corrected chi connectivity index (χ4v) is 3.21. The Morgan fingerprint density at radius 3 is 2.61 bits per heavy atom. The predicted octanol–water partition coefficient (Wildman–Crippen LogP) is 3.71. The van der Waals surface area contributed by atoms with Crippen LogP contribution in [0.15, 0.2) is 30.5 Å². The molecule has 0 saturated heterocycles. The molecule has 0 fully saturated rings. The molecule has 0 aliphatic carbocycles. The van der Waals surface area contributed by atoms with Crippen molar-refractivity contribution < 1.29 is 9.84 Å². The van der Waals surface area contributed by atoms with E-state index in [2.05, 4.69) is 44.9 Å². The lowest BCUT2D eigenvalue weighted by molar-refractivity contribution is 0.0951. The SMILES string of the molecule is CC(C)(C)CC(C)(C)NC[C@H](O)COc1cccc2[nH]ccc12. The largest absolute Gasteiger partial charge is 0.490 e. The molecule has 0 unspecified atom stereocenters. The number of aromatic nitrogens is 1. The molecule has 4 heteroatoms. The van der Waals surface area contributed by atoms with Gasteiger partial charge in [0.15, 0.2) is 0 Å². The van der Waals surface area contributed by atoms with Crippen LogP contribution >= 0.6 is 0 Å². The summed E-state index contributed by atoms with van der Waals surface area (Å²) in [5, 5.41) is 14.7. The van der Waals surface area contributed by atoms with E-state index in [0.29, 0.717) is 6.54 Å². The van der Waals surface area contributed by atoms with E-state index in [-0.39, 0.29) is 17.6 Å². The molecule has 0 aliphatic heterocycles. The van der Waals surface area contributed by atoms with Crippen LogP contribution in [-0.2, 0) is 0 Å². The number of β-amino-alcohol motifs (C(OH)–C–C–N with tert-alkyl or cyclic N) is 1. The van der Waals surface area contributed by atoms with Crippen LogP contribution in [0.25, 0.3) is 10.9 Å². The standard InChI is InChI=1S/C19H30N2O2/c1-18(2,3)13-19(4,5)21-11-14(22)12-23-17-8-6-7-16-15(17)9-10-20-16/h6-10,14,20-22H,11-13H2,1-5H3/t14-/m0/s1. The molecule has 0 amide bonds. The minimum Gasteiger partial charge on any atom is -0.490 e. The van der Waals surface area contributed by atoms with Crippen LogP contribution in [-0.4, -0.2) is 34.9 Å². The lowest BCUT2D eigenvalue weighted by Crippen LogP contribution is -2.46. The normalized spacial score (nSPS) is 14.2. The first kappa shape index (κ1) is 17.8. The number of rotatable bonds is 7. The van der Waals surface area contributed by atoms with Gasteiger partial charge in [-0.05, 0) is 43.9 Å². The zero-order chi connectivity index (χ0) is 17.1. The van der Waals surface area contributed by atoms with E-state index < -0.39 is 6.10 Å². The van der Waals surface area contributed by atoms with E-state index in [1.807, 2.05) is 30.5 Å². The summed E-state index contributed by atoms with van der Waals surface area (Å²) < 4.78 is 5.80. The van der Waals surface area contributed by atoms with Crippen LogP contribution in [0.1, 0.15) is 41.0 Å². The third kappa shape index (κ3) is 5.56. The summed E-state index contributed by atoms with van der Waals surface area (Å²) in [6.45, 7) is 11.8. The molecule has 1 aromatic carbocycles. The Morgan fingerprint density at radius 1 is 1.17 bits per heavy atom. The zero-order valence-corrected chi connectivity index (χ0v) is 14.9. The minimum absolute atomic E-state index is 0.0140. The molecule has 0 radical (unpaired) electrons. The first-order chi connectivity index (χ1) is 10.7. The number of hydrogen-bond acceptors (Lipinski definition) is 3. The van der Waals surface area contributed by atoms with E-state index in [1.165, 1.54) is 0 Å². The maximum Gasteiger partial charge on any atom is 0.128 e. The first-order valence-electron chi connectivity index (χ1n) is 8.28. The number of hydrogen-bond donors (Lipinski definition) is 3. The molecule has 2 rings (SSSR count). The maximum atomic E-state index is 10.2. The van der Waals surface area contributed by atoms with E-state index in [9.17, 15) is 5.11 Å². The molecule has 0 bridgehead atoms. The van der Waals surface area contributed by atoms with Crippen molar-refractivity contribution in [3.8, 4) is 5.75 Å². The number of aliphatic hydroxyl groups is 1. The molecule has 0 aliphatic rings. The second kappa shape index (κ2) is 6.93. The third-order valence-electron chi connectivity index (χ3n) is 3.77. The van der Waals surface area contributed by atoms with E-state index in [4.69, 9.17) is 4.74 Å². The van der Waals surface area contributed by atoms with Crippen LogP contribution < -0.4 is 10.1 Å². The quantitative estimate of drug-likeness (QED) is 0.729. The van der Waals surface area contributed by atoms with E-state index in [1.54, 1.807) is 0 Å². The molecule has 1 atom stereocenters. The van der Waals surface area contributed by atoms with Gasteiger partial charge in [0, 0.05) is 29.2 Å². The van der Waals surface area contributed by atoms with Gasteiger partial charge >= 0.3 is 0 Å². The van der Waals surface area contributed by atoms with Crippen molar-refractivity contribution in [1.29, 1.82) is 0 Å². The van der Waals surface area contributed by atoms with Gasteiger partial charge in [-0.3, -0.25) is 0 Å². The molecule has 23 heavy (non-hydrogen) atoms. The molecule has 1 heterocycles. The number of fused-ring (bicyclic) bond motifs is 1. The summed E-state index contributed by atoms with van der Waals surface area (Å²) in [5.74, 6) is 0.803. The number of aliphatic hydroxyl groups excluding tert-OH is 1. The van der Waals surface area contributed by atoms with Crippen LogP contribution in [0.4, 0.5) is 0 Å². The van der Waals surface area contributed by atoms with Gasteiger partial charge < -0.3 is 20.1 Å². The van der Waals surface area contributed by atoms with Crippen molar-refractivity contribution >= 4 is 10.9 Å². The van der Waals surface area contributed by atoms with Crippen LogP contribution in [0.2, 0.25) is 0 Å². The topological polar surface area (TPSA) is 57.3 Å². The Bertz CT molecular complexity index is 626. The van der Waals surface area contributed by atoms with Crippen LogP contribution in [0.5, 0.6) is 5.75 Å². The van der Waals surface area contributed by atoms with Gasteiger partial charge in [-0.25, -0.2) is 0 Å². The van der Waals surface area contributed by atoms with Crippen molar-refractivity contribution in [3.63, 3.8) is 0 Å². The van der Waals surface area contributed by atoms with Crippen LogP contribution in [0.3, 0.4) is 0 Å². The maximum absolute atomic E-state index is 10.2. The number of ether oxygens (including phenoxy) is 1.